The van der Waals surface area contributed by atoms with Crippen molar-refractivity contribution in [2.45, 2.75) is 24.4 Å². The molecule has 0 aliphatic carbocycles. The van der Waals surface area contributed by atoms with Gasteiger partial charge in [0.05, 0.1) is 10.5 Å². The number of thioether (sulfide) groups is 1. The van der Waals surface area contributed by atoms with Crippen molar-refractivity contribution in [3.05, 3.63) is 55.9 Å². The van der Waals surface area contributed by atoms with Crippen molar-refractivity contribution >= 4 is 29.2 Å². The summed E-state index contributed by atoms with van der Waals surface area (Å²) in [6.07, 6.45) is 0.0409. The molecule has 8 nitrogen and oxygen atoms in total. The Balaban J connectivity index is 2.12. The summed E-state index contributed by atoms with van der Waals surface area (Å²) in [5, 5.41) is 14.0. The van der Waals surface area contributed by atoms with Gasteiger partial charge in [-0.2, -0.15) is 0 Å². The zero-order chi connectivity index (χ0) is 17.3. The second-order valence-electron chi connectivity index (χ2n) is 5.22. The van der Waals surface area contributed by atoms with Gasteiger partial charge in [-0.3, -0.25) is 19.7 Å². The van der Waals surface area contributed by atoms with Crippen molar-refractivity contribution in [1.29, 1.82) is 0 Å². The molecule has 124 valence electrons. The number of nitro benzene ring substituents is 1. The summed E-state index contributed by atoms with van der Waals surface area (Å²) >= 11 is 1.36. The van der Waals surface area contributed by atoms with Gasteiger partial charge in [0.25, 0.3) is 11.2 Å². The van der Waals surface area contributed by atoms with Gasteiger partial charge in [0, 0.05) is 24.5 Å². The number of aromatic amines is 1. The number of nitro groups is 1. The van der Waals surface area contributed by atoms with E-state index in [1.165, 1.54) is 23.9 Å². The zero-order valence-corrected chi connectivity index (χ0v) is 13.6. The molecular formula is C15H14N4O4S. The van der Waals surface area contributed by atoms with Gasteiger partial charge in [0.1, 0.15) is 5.82 Å². The van der Waals surface area contributed by atoms with Crippen molar-refractivity contribution in [2.75, 3.05) is 11.1 Å². The Morgan fingerprint density at radius 1 is 1.42 bits per heavy atom. The number of nitrogens with one attached hydrogen (secondary N) is 2. The van der Waals surface area contributed by atoms with E-state index < -0.39 is 10.8 Å². The highest BCUT2D eigenvalue weighted by atomic mass is 32.2. The number of hydrogen-bond donors (Lipinski definition) is 2. The molecule has 2 aromatic rings. The molecular weight excluding hydrogens is 332 g/mol. The Morgan fingerprint density at radius 2 is 2.21 bits per heavy atom. The first kappa shape index (κ1) is 16.2. The highest BCUT2D eigenvalue weighted by Crippen LogP contribution is 2.35. The van der Waals surface area contributed by atoms with E-state index in [1.54, 1.807) is 12.1 Å². The Labute approximate surface area is 140 Å². The van der Waals surface area contributed by atoms with E-state index in [9.17, 15) is 19.7 Å². The van der Waals surface area contributed by atoms with E-state index >= 15 is 0 Å². The highest BCUT2D eigenvalue weighted by molar-refractivity contribution is 7.99. The largest absolute Gasteiger partial charge is 0.310 e. The predicted molar refractivity (Wildman–Crippen MR) is 89.4 cm³/mol. The van der Waals surface area contributed by atoms with Crippen molar-refractivity contribution < 1.29 is 9.72 Å². The molecule has 3 rings (SSSR count). The molecule has 0 bridgehead atoms. The summed E-state index contributed by atoms with van der Waals surface area (Å²) in [4.78, 5) is 41.9. The molecule has 0 fully saturated rings. The standard InChI is InChI=1S/C15H14N4O4S/c1-2-24-15-17-13-12(14(21)18-15)10(7-11(20)16-13)8-4-3-5-9(6-8)19(22)23/h3-6,10H,2,7H2,1H3,(H2,16,17,18,20,21). The number of rotatable bonds is 4. The molecule has 1 aliphatic heterocycles. The average Bonchev–Trinajstić information content (AvgIpc) is 2.54. The minimum absolute atomic E-state index is 0.0409. The molecule has 0 saturated heterocycles. The maximum absolute atomic E-state index is 12.5. The van der Waals surface area contributed by atoms with Gasteiger partial charge in [-0.05, 0) is 11.3 Å². The van der Waals surface area contributed by atoms with Gasteiger partial charge >= 0.3 is 0 Å². The van der Waals surface area contributed by atoms with E-state index in [1.807, 2.05) is 6.92 Å². The van der Waals surface area contributed by atoms with Crippen LogP contribution in [0.2, 0.25) is 0 Å². The lowest BCUT2D eigenvalue weighted by molar-refractivity contribution is -0.384. The van der Waals surface area contributed by atoms with Crippen LogP contribution in [0.25, 0.3) is 0 Å². The molecule has 1 aliphatic rings. The summed E-state index contributed by atoms with van der Waals surface area (Å²) in [6.45, 7) is 1.93. The van der Waals surface area contributed by atoms with Crippen LogP contribution in [0, 0.1) is 10.1 Å². The fourth-order valence-electron chi connectivity index (χ4n) is 2.70. The van der Waals surface area contributed by atoms with E-state index in [2.05, 4.69) is 15.3 Å². The third-order valence-electron chi connectivity index (χ3n) is 3.69. The zero-order valence-electron chi connectivity index (χ0n) is 12.7. The lowest BCUT2D eigenvalue weighted by Gasteiger charge is -2.24. The molecule has 0 spiro atoms. The Bertz CT molecular complexity index is 880. The molecule has 1 atom stereocenters. The van der Waals surface area contributed by atoms with Gasteiger partial charge < -0.3 is 10.3 Å². The van der Waals surface area contributed by atoms with E-state index in [0.717, 1.165) is 5.75 Å². The molecule has 1 aromatic carbocycles. The maximum Gasteiger partial charge on any atom is 0.269 e. The first-order chi connectivity index (χ1) is 11.5. The second-order valence-corrected chi connectivity index (χ2v) is 6.48. The van der Waals surface area contributed by atoms with Crippen molar-refractivity contribution in [2.24, 2.45) is 0 Å². The Morgan fingerprint density at radius 3 is 2.92 bits per heavy atom. The molecule has 1 unspecified atom stereocenters. The molecule has 24 heavy (non-hydrogen) atoms. The van der Waals surface area contributed by atoms with Crippen LogP contribution < -0.4 is 10.9 Å². The third-order valence-corrected chi connectivity index (χ3v) is 4.45. The van der Waals surface area contributed by atoms with Gasteiger partial charge in [0.15, 0.2) is 5.16 Å². The quantitative estimate of drug-likeness (QED) is 0.379. The number of benzene rings is 1. The summed E-state index contributed by atoms with van der Waals surface area (Å²) in [6, 6.07) is 5.98. The normalized spacial score (nSPS) is 16.4. The summed E-state index contributed by atoms with van der Waals surface area (Å²) < 4.78 is 0. The second kappa shape index (κ2) is 6.44. The lowest BCUT2D eigenvalue weighted by atomic mass is 9.86. The van der Waals surface area contributed by atoms with Crippen LogP contribution in [0.1, 0.15) is 30.4 Å². The number of non-ortho nitro benzene ring substituents is 1. The molecule has 0 saturated carbocycles. The molecule has 1 amide bonds. The topological polar surface area (TPSA) is 118 Å². The molecule has 9 heteroatoms. The number of H-pyrrole nitrogens is 1. The van der Waals surface area contributed by atoms with Gasteiger partial charge in [-0.15, -0.1) is 0 Å². The minimum Gasteiger partial charge on any atom is -0.310 e. The number of carbonyl (C=O) groups excluding carboxylic acids is 1. The van der Waals surface area contributed by atoms with Crippen LogP contribution in [0.4, 0.5) is 11.5 Å². The van der Waals surface area contributed by atoms with E-state index in [0.29, 0.717) is 16.3 Å². The highest BCUT2D eigenvalue weighted by Gasteiger charge is 2.31. The third kappa shape index (κ3) is 3.02. The number of carbonyl (C=O) groups is 1. The fourth-order valence-corrected chi connectivity index (χ4v) is 3.29. The van der Waals surface area contributed by atoms with Gasteiger partial charge in [-0.25, -0.2) is 4.98 Å². The van der Waals surface area contributed by atoms with Gasteiger partial charge in [0.2, 0.25) is 5.91 Å². The predicted octanol–water partition coefficient (Wildman–Crippen LogP) is 2.26. The number of aromatic nitrogens is 2. The van der Waals surface area contributed by atoms with Crippen LogP contribution in [0.5, 0.6) is 0 Å². The first-order valence-corrected chi connectivity index (χ1v) is 8.29. The summed E-state index contributed by atoms with van der Waals surface area (Å²) in [7, 11) is 0. The number of anilines is 1. The Kier molecular flexibility index (Phi) is 4.34. The van der Waals surface area contributed by atoms with E-state index in [-0.39, 0.29) is 29.4 Å². The number of nitrogens with zero attached hydrogens (tertiary/aromatic N) is 2. The molecule has 0 radical (unpaired) electrons. The summed E-state index contributed by atoms with van der Waals surface area (Å²) in [5.41, 5.74) is 0.453. The SMILES string of the molecule is CCSc1nc2c(c(=O)[nH]1)C(c1cccc([N+](=O)[O-])c1)CC(=O)N2. The number of amides is 1. The van der Waals surface area contributed by atoms with Crippen molar-refractivity contribution in [3.8, 4) is 0 Å². The van der Waals surface area contributed by atoms with Gasteiger partial charge in [-0.1, -0.05) is 30.8 Å². The van der Waals surface area contributed by atoms with Crippen LogP contribution in [0.3, 0.4) is 0 Å². The smallest absolute Gasteiger partial charge is 0.269 e. The van der Waals surface area contributed by atoms with Crippen LogP contribution in [0.15, 0.2) is 34.2 Å². The summed E-state index contributed by atoms with van der Waals surface area (Å²) in [5.74, 6) is 0.113. The monoisotopic (exact) mass is 346 g/mol. The van der Waals surface area contributed by atoms with Crippen molar-refractivity contribution in [1.82, 2.24) is 9.97 Å². The van der Waals surface area contributed by atoms with Crippen LogP contribution >= 0.6 is 11.8 Å². The fraction of sp³-hybridized carbons (Fsp3) is 0.267. The maximum atomic E-state index is 12.5. The van der Waals surface area contributed by atoms with Crippen molar-refractivity contribution in [3.63, 3.8) is 0 Å². The molecule has 2 N–H and O–H groups in total. The Hall–Kier alpha value is -2.68. The number of fused-ring (bicyclic) bond motifs is 1. The van der Waals surface area contributed by atoms with E-state index in [4.69, 9.17) is 0 Å². The number of hydrogen-bond acceptors (Lipinski definition) is 6. The minimum atomic E-state index is -0.564. The average molecular weight is 346 g/mol. The molecule has 1 aromatic heterocycles. The first-order valence-electron chi connectivity index (χ1n) is 7.30. The van der Waals surface area contributed by atoms with Crippen LogP contribution in [-0.4, -0.2) is 26.6 Å². The van der Waals surface area contributed by atoms with Crippen LogP contribution in [-0.2, 0) is 4.79 Å². The lowest BCUT2D eigenvalue weighted by Crippen LogP contribution is -2.31. The molecule has 2 heterocycles.